The lowest BCUT2D eigenvalue weighted by Gasteiger charge is -2.48. The van der Waals surface area contributed by atoms with Crippen molar-refractivity contribution in [2.75, 3.05) is 0 Å². The van der Waals surface area contributed by atoms with Gasteiger partial charge in [-0.3, -0.25) is 0 Å². The van der Waals surface area contributed by atoms with E-state index in [1.54, 1.807) is 0 Å². The predicted octanol–water partition coefficient (Wildman–Crippen LogP) is 5.52. The third-order valence-electron chi connectivity index (χ3n) is 7.57. The molecule has 0 heterocycles. The number of aliphatic hydroxyl groups excluding tert-OH is 2. The first-order chi connectivity index (χ1) is 11.5. The van der Waals surface area contributed by atoms with Crippen LogP contribution in [0.25, 0.3) is 0 Å². The zero-order valence-corrected chi connectivity index (χ0v) is 17.8. The van der Waals surface area contributed by atoms with Crippen LogP contribution in [0.15, 0.2) is 0 Å². The lowest BCUT2D eigenvalue weighted by atomic mass is 9.60. The van der Waals surface area contributed by atoms with Crippen molar-refractivity contribution in [1.29, 1.82) is 0 Å². The SMILES string of the molecule is CCC1CC(CC2CC(C)CC(C(C)C)C2O)C(O)C(C(C)(C)C)C1. The molecule has 0 amide bonds. The van der Waals surface area contributed by atoms with Crippen molar-refractivity contribution >= 4 is 0 Å². The Morgan fingerprint density at radius 2 is 1.52 bits per heavy atom. The average Bonchev–Trinajstić information content (AvgIpc) is 2.50. The summed E-state index contributed by atoms with van der Waals surface area (Å²) in [5, 5.41) is 22.2. The Kier molecular flexibility index (Phi) is 7.04. The molecule has 0 saturated heterocycles. The van der Waals surface area contributed by atoms with E-state index in [9.17, 15) is 10.2 Å². The third-order valence-corrected chi connectivity index (χ3v) is 7.57. The van der Waals surface area contributed by atoms with Crippen LogP contribution in [-0.2, 0) is 0 Å². The van der Waals surface area contributed by atoms with Crippen LogP contribution in [0, 0.1) is 46.8 Å². The first kappa shape index (κ1) is 21.2. The minimum Gasteiger partial charge on any atom is -0.393 e. The molecule has 0 aromatic carbocycles. The van der Waals surface area contributed by atoms with Crippen LogP contribution in [-0.4, -0.2) is 22.4 Å². The highest BCUT2D eigenvalue weighted by Crippen LogP contribution is 2.48. The largest absolute Gasteiger partial charge is 0.393 e. The third kappa shape index (κ3) is 5.01. The molecule has 0 aromatic heterocycles. The van der Waals surface area contributed by atoms with Gasteiger partial charge in [0.1, 0.15) is 0 Å². The molecule has 0 aliphatic heterocycles. The normalized spacial score (nSPS) is 43.4. The van der Waals surface area contributed by atoms with E-state index in [0.717, 1.165) is 38.0 Å². The van der Waals surface area contributed by atoms with Crippen LogP contribution in [0.3, 0.4) is 0 Å². The molecule has 2 saturated carbocycles. The van der Waals surface area contributed by atoms with E-state index in [2.05, 4.69) is 48.5 Å². The van der Waals surface area contributed by atoms with Crippen molar-refractivity contribution in [3.8, 4) is 0 Å². The molecule has 2 N–H and O–H groups in total. The molecule has 2 aliphatic rings. The summed E-state index contributed by atoms with van der Waals surface area (Å²) in [4.78, 5) is 0. The van der Waals surface area contributed by atoms with Crippen LogP contribution >= 0.6 is 0 Å². The second kappa shape index (κ2) is 8.30. The molecule has 0 radical (unpaired) electrons. The molecule has 2 rings (SSSR count). The zero-order valence-electron chi connectivity index (χ0n) is 17.8. The van der Waals surface area contributed by atoms with Crippen LogP contribution in [0.5, 0.6) is 0 Å². The van der Waals surface area contributed by atoms with E-state index in [0.29, 0.717) is 35.5 Å². The molecule has 2 fully saturated rings. The summed E-state index contributed by atoms with van der Waals surface area (Å²) in [5.41, 5.74) is 0.157. The van der Waals surface area contributed by atoms with E-state index in [1.165, 1.54) is 6.42 Å². The topological polar surface area (TPSA) is 40.5 Å². The molecule has 8 unspecified atom stereocenters. The smallest absolute Gasteiger partial charge is 0.0601 e. The Bertz CT molecular complexity index is 411. The molecule has 148 valence electrons. The van der Waals surface area contributed by atoms with Crippen molar-refractivity contribution in [1.82, 2.24) is 0 Å². The minimum absolute atomic E-state index is 0.157. The molecular formula is C23H44O2. The monoisotopic (exact) mass is 352 g/mol. The summed E-state index contributed by atoms with van der Waals surface area (Å²) in [6.45, 7) is 16.0. The Morgan fingerprint density at radius 1 is 0.920 bits per heavy atom. The van der Waals surface area contributed by atoms with Gasteiger partial charge in [-0.1, -0.05) is 54.9 Å². The second-order valence-electron chi connectivity index (χ2n) is 10.9. The lowest BCUT2D eigenvalue weighted by molar-refractivity contribution is -0.0793. The molecule has 0 aromatic rings. The standard InChI is InChI=1S/C23H44O2/c1-8-16-11-18(22(25)20(12-16)23(5,6)7)13-17-9-15(4)10-19(14(2)3)21(17)24/h14-22,24-25H,8-13H2,1-7H3. The number of hydrogen-bond donors (Lipinski definition) is 2. The summed E-state index contributed by atoms with van der Waals surface area (Å²) in [7, 11) is 0. The van der Waals surface area contributed by atoms with Crippen LogP contribution in [0.4, 0.5) is 0 Å². The fraction of sp³-hybridized carbons (Fsp3) is 1.00. The number of rotatable bonds is 4. The van der Waals surface area contributed by atoms with E-state index in [4.69, 9.17) is 0 Å². The maximum atomic E-state index is 11.2. The first-order valence-electron chi connectivity index (χ1n) is 10.9. The minimum atomic E-state index is -0.204. The van der Waals surface area contributed by atoms with Gasteiger partial charge in [0, 0.05) is 0 Å². The Hall–Kier alpha value is -0.0800. The highest BCUT2D eigenvalue weighted by molar-refractivity contribution is 4.94. The van der Waals surface area contributed by atoms with Gasteiger partial charge in [0.25, 0.3) is 0 Å². The maximum Gasteiger partial charge on any atom is 0.0601 e. The van der Waals surface area contributed by atoms with Gasteiger partial charge in [-0.2, -0.15) is 0 Å². The highest BCUT2D eigenvalue weighted by atomic mass is 16.3. The Labute approximate surface area is 156 Å². The van der Waals surface area contributed by atoms with Gasteiger partial charge in [0.2, 0.25) is 0 Å². The van der Waals surface area contributed by atoms with Crippen molar-refractivity contribution in [3.05, 3.63) is 0 Å². The maximum absolute atomic E-state index is 11.2. The average molecular weight is 353 g/mol. The summed E-state index contributed by atoms with van der Waals surface area (Å²) < 4.78 is 0. The van der Waals surface area contributed by atoms with Gasteiger partial charge < -0.3 is 10.2 Å². The first-order valence-corrected chi connectivity index (χ1v) is 10.9. The van der Waals surface area contributed by atoms with Crippen LogP contribution in [0.2, 0.25) is 0 Å². The van der Waals surface area contributed by atoms with E-state index < -0.39 is 0 Å². The summed E-state index contributed by atoms with van der Waals surface area (Å²) in [5.74, 6) is 3.51. The van der Waals surface area contributed by atoms with E-state index in [1.807, 2.05) is 0 Å². The molecule has 2 heteroatoms. The lowest BCUT2D eigenvalue weighted by Crippen LogP contribution is -2.46. The van der Waals surface area contributed by atoms with Gasteiger partial charge in [-0.25, -0.2) is 0 Å². The summed E-state index contributed by atoms with van der Waals surface area (Å²) >= 11 is 0. The highest BCUT2D eigenvalue weighted by Gasteiger charge is 2.44. The number of hydrogen-bond acceptors (Lipinski definition) is 2. The molecule has 25 heavy (non-hydrogen) atoms. The molecule has 0 spiro atoms. The number of aliphatic hydroxyl groups is 2. The van der Waals surface area contributed by atoms with Crippen LogP contribution in [0.1, 0.15) is 87.0 Å². The Balaban J connectivity index is 2.13. The van der Waals surface area contributed by atoms with Crippen molar-refractivity contribution in [2.24, 2.45) is 46.8 Å². The van der Waals surface area contributed by atoms with E-state index >= 15 is 0 Å². The van der Waals surface area contributed by atoms with Gasteiger partial charge in [-0.05, 0) is 78.9 Å². The zero-order chi connectivity index (χ0) is 18.9. The molecule has 2 aliphatic carbocycles. The van der Waals surface area contributed by atoms with Gasteiger partial charge >= 0.3 is 0 Å². The predicted molar refractivity (Wildman–Crippen MR) is 106 cm³/mol. The molecule has 8 atom stereocenters. The quantitative estimate of drug-likeness (QED) is 0.700. The van der Waals surface area contributed by atoms with Gasteiger partial charge in [-0.15, -0.1) is 0 Å². The fourth-order valence-electron chi connectivity index (χ4n) is 5.92. The van der Waals surface area contributed by atoms with Crippen molar-refractivity contribution in [2.45, 2.75) is 99.2 Å². The van der Waals surface area contributed by atoms with Crippen molar-refractivity contribution < 1.29 is 10.2 Å². The van der Waals surface area contributed by atoms with Crippen molar-refractivity contribution in [3.63, 3.8) is 0 Å². The summed E-state index contributed by atoms with van der Waals surface area (Å²) in [6.07, 6.45) is 6.44. The summed E-state index contributed by atoms with van der Waals surface area (Å²) in [6, 6.07) is 0. The Morgan fingerprint density at radius 3 is 2.04 bits per heavy atom. The molecule has 2 nitrogen and oxygen atoms in total. The van der Waals surface area contributed by atoms with Gasteiger partial charge in [0.05, 0.1) is 12.2 Å². The molecule has 0 bridgehead atoms. The second-order valence-corrected chi connectivity index (χ2v) is 10.9. The fourth-order valence-corrected chi connectivity index (χ4v) is 5.92. The molecular weight excluding hydrogens is 308 g/mol. The van der Waals surface area contributed by atoms with E-state index in [-0.39, 0.29) is 17.6 Å². The van der Waals surface area contributed by atoms with Crippen LogP contribution < -0.4 is 0 Å². The van der Waals surface area contributed by atoms with Gasteiger partial charge in [0.15, 0.2) is 0 Å².